The van der Waals surface area contributed by atoms with Crippen LogP contribution in [0.3, 0.4) is 0 Å². The van der Waals surface area contributed by atoms with Crippen molar-refractivity contribution in [2.45, 2.75) is 277 Å². The molecule has 0 saturated carbocycles. The van der Waals surface area contributed by atoms with Crippen molar-refractivity contribution in [1.82, 2.24) is 0 Å². The number of phosphoric ester groups is 1. The van der Waals surface area contributed by atoms with Gasteiger partial charge in [0.15, 0.2) is 6.10 Å². The van der Waals surface area contributed by atoms with Gasteiger partial charge in [0, 0.05) is 19.3 Å². The molecule has 0 heterocycles. The third-order valence-electron chi connectivity index (χ3n) is 12.6. The summed E-state index contributed by atoms with van der Waals surface area (Å²) in [5, 5.41) is 9.82. The molecule has 0 amide bonds. The van der Waals surface area contributed by atoms with Crippen molar-refractivity contribution in [3.05, 3.63) is 72.9 Å². The molecule has 428 valence electrons. The van der Waals surface area contributed by atoms with Gasteiger partial charge in [-0.05, 0) is 83.5 Å². The molecule has 0 aliphatic rings. The number of aliphatic hydroxyl groups excluding tert-OH is 1. The van der Waals surface area contributed by atoms with Crippen LogP contribution in [0.25, 0.3) is 0 Å². The lowest BCUT2D eigenvalue weighted by atomic mass is 10.0. The fourth-order valence-electron chi connectivity index (χ4n) is 8.15. The Balaban J connectivity index is 4.71. The van der Waals surface area contributed by atoms with Crippen LogP contribution in [0.1, 0.15) is 265 Å². The number of unbranched alkanes of at least 4 members (excludes halogenated alkanes) is 26. The smallest absolute Gasteiger partial charge is 0.462 e. The number of allylic oxidation sites excluding steroid dienone is 12. The average Bonchev–Trinajstić information content (AvgIpc) is 3.39. The standard InChI is InChI=1S/C62H109O11P/c1-4-7-10-13-16-19-22-25-27-28-29-30-32-35-38-41-44-47-50-53-62(66)73-59(55-69-60(64)51-48-45-42-39-36-33-24-21-18-15-12-9-6-3)57-71-74(67,68)70-56-58(54-63)72-61(65)52-49-46-43-40-37-34-31-26-23-20-17-14-11-8-5-2/h8-9,11-12,17-18,20-21,26,31,33,36,58-59,63H,4-7,10,13-16,19,22-25,27-30,32,34-35,37-57H2,1-3H3,(H,67,68)/b11-8-,12-9-,20-17-,21-18-,31-26-,36-33-. The molecule has 0 aliphatic carbocycles. The fraction of sp³-hybridized carbons (Fsp3) is 0.758. The van der Waals surface area contributed by atoms with Crippen molar-refractivity contribution in [3.8, 4) is 0 Å². The number of hydrogen-bond donors (Lipinski definition) is 2. The first-order chi connectivity index (χ1) is 36.2. The minimum atomic E-state index is -4.76. The molecular weight excluding hydrogens is 952 g/mol. The summed E-state index contributed by atoms with van der Waals surface area (Å²) >= 11 is 0. The minimum Gasteiger partial charge on any atom is -0.462 e. The van der Waals surface area contributed by atoms with Gasteiger partial charge < -0.3 is 24.2 Å². The van der Waals surface area contributed by atoms with Crippen LogP contribution in [0.4, 0.5) is 0 Å². The lowest BCUT2D eigenvalue weighted by molar-refractivity contribution is -0.161. The first-order valence-electron chi connectivity index (χ1n) is 29.8. The highest BCUT2D eigenvalue weighted by molar-refractivity contribution is 7.47. The van der Waals surface area contributed by atoms with Gasteiger partial charge in [-0.1, -0.05) is 235 Å². The first-order valence-corrected chi connectivity index (χ1v) is 31.3. The summed E-state index contributed by atoms with van der Waals surface area (Å²) < 4.78 is 39.5. The molecule has 0 rings (SSSR count). The summed E-state index contributed by atoms with van der Waals surface area (Å²) in [4.78, 5) is 48.6. The van der Waals surface area contributed by atoms with Crippen LogP contribution < -0.4 is 0 Å². The minimum absolute atomic E-state index is 0.155. The van der Waals surface area contributed by atoms with Crippen molar-refractivity contribution in [2.24, 2.45) is 0 Å². The second-order valence-electron chi connectivity index (χ2n) is 19.8. The van der Waals surface area contributed by atoms with Gasteiger partial charge in [-0.15, -0.1) is 0 Å². The number of carbonyl (C=O) groups is 3. The summed E-state index contributed by atoms with van der Waals surface area (Å²) in [6, 6.07) is 0. The molecule has 0 fully saturated rings. The summed E-state index contributed by atoms with van der Waals surface area (Å²) in [6.07, 6.45) is 62.9. The van der Waals surface area contributed by atoms with Crippen LogP contribution in [-0.4, -0.2) is 66.5 Å². The monoisotopic (exact) mass is 1060 g/mol. The maximum Gasteiger partial charge on any atom is 0.472 e. The Morgan fingerprint density at radius 2 is 0.703 bits per heavy atom. The molecule has 3 unspecified atom stereocenters. The Hall–Kier alpha value is -3.08. The van der Waals surface area contributed by atoms with Gasteiger partial charge in [-0.3, -0.25) is 23.4 Å². The van der Waals surface area contributed by atoms with Gasteiger partial charge in [0.25, 0.3) is 0 Å². The van der Waals surface area contributed by atoms with Crippen LogP contribution in [-0.2, 0) is 42.2 Å². The van der Waals surface area contributed by atoms with E-state index in [4.69, 9.17) is 23.3 Å². The molecule has 2 N–H and O–H groups in total. The first kappa shape index (κ1) is 70.9. The van der Waals surface area contributed by atoms with Crippen molar-refractivity contribution in [3.63, 3.8) is 0 Å². The summed E-state index contributed by atoms with van der Waals surface area (Å²) in [7, 11) is -4.76. The van der Waals surface area contributed by atoms with Gasteiger partial charge in [0.05, 0.1) is 19.8 Å². The highest BCUT2D eigenvalue weighted by atomic mass is 31.2. The van der Waals surface area contributed by atoms with Crippen LogP contribution in [0, 0.1) is 0 Å². The second-order valence-corrected chi connectivity index (χ2v) is 21.2. The summed E-state index contributed by atoms with van der Waals surface area (Å²) in [5.41, 5.74) is 0. The number of ether oxygens (including phenoxy) is 3. The van der Waals surface area contributed by atoms with E-state index in [0.717, 1.165) is 109 Å². The maximum absolute atomic E-state index is 12.9. The summed E-state index contributed by atoms with van der Waals surface area (Å²) in [5.74, 6) is -1.51. The SMILES string of the molecule is CC/C=C\C/C=C\C/C=C\CCCCCCCC(=O)OC(CO)COP(=O)(O)OCC(COC(=O)CCCCC/C=C\C/C=C\C/C=C\CC)OC(=O)CCCCCCCCCCCCCCCCCCCCC. The van der Waals surface area contributed by atoms with Crippen LogP contribution in [0.15, 0.2) is 72.9 Å². The van der Waals surface area contributed by atoms with E-state index in [0.29, 0.717) is 19.3 Å². The molecule has 0 bridgehead atoms. The topological polar surface area (TPSA) is 155 Å². The largest absolute Gasteiger partial charge is 0.472 e. The lowest BCUT2D eigenvalue weighted by Gasteiger charge is -2.21. The summed E-state index contributed by atoms with van der Waals surface area (Å²) in [6.45, 7) is 4.39. The molecule has 3 atom stereocenters. The second kappa shape index (κ2) is 56.1. The van der Waals surface area contributed by atoms with Crippen molar-refractivity contribution in [1.29, 1.82) is 0 Å². The van der Waals surface area contributed by atoms with E-state index >= 15 is 0 Å². The van der Waals surface area contributed by atoms with Crippen molar-refractivity contribution >= 4 is 25.7 Å². The molecule has 0 aliphatic heterocycles. The van der Waals surface area contributed by atoms with Crippen LogP contribution in [0.2, 0.25) is 0 Å². The van der Waals surface area contributed by atoms with Crippen LogP contribution in [0.5, 0.6) is 0 Å². The number of hydrogen-bond acceptors (Lipinski definition) is 10. The molecule has 0 saturated heterocycles. The number of esters is 3. The zero-order valence-electron chi connectivity index (χ0n) is 47.3. The lowest BCUT2D eigenvalue weighted by Crippen LogP contribution is -2.30. The van der Waals surface area contributed by atoms with Crippen LogP contribution >= 0.6 is 7.82 Å². The third kappa shape index (κ3) is 53.7. The molecular formula is C62H109O11P. The molecule has 0 aromatic heterocycles. The molecule has 0 aromatic carbocycles. The zero-order chi connectivity index (χ0) is 54.1. The Bertz CT molecular complexity index is 1520. The molecule has 12 heteroatoms. The number of aliphatic hydroxyl groups is 1. The molecule has 11 nitrogen and oxygen atoms in total. The maximum atomic E-state index is 12.9. The average molecular weight is 1060 g/mol. The van der Waals surface area contributed by atoms with Crippen molar-refractivity contribution < 1.29 is 52.2 Å². The van der Waals surface area contributed by atoms with E-state index in [9.17, 15) is 28.9 Å². The van der Waals surface area contributed by atoms with E-state index in [1.165, 1.54) is 96.3 Å². The van der Waals surface area contributed by atoms with E-state index in [1.54, 1.807) is 0 Å². The van der Waals surface area contributed by atoms with Crippen molar-refractivity contribution in [2.75, 3.05) is 26.4 Å². The predicted molar refractivity (Wildman–Crippen MR) is 307 cm³/mol. The Morgan fingerprint density at radius 3 is 1.09 bits per heavy atom. The number of rotatable bonds is 55. The highest BCUT2D eigenvalue weighted by Gasteiger charge is 2.28. The Kier molecular flexibility index (Phi) is 53.8. The number of carbonyl (C=O) groups excluding carboxylic acids is 3. The third-order valence-corrected chi connectivity index (χ3v) is 13.6. The number of phosphoric acid groups is 1. The molecule has 0 spiro atoms. The van der Waals surface area contributed by atoms with Gasteiger partial charge >= 0.3 is 25.7 Å². The van der Waals surface area contributed by atoms with Gasteiger partial charge in [0.2, 0.25) is 0 Å². The highest BCUT2D eigenvalue weighted by Crippen LogP contribution is 2.43. The fourth-order valence-corrected chi connectivity index (χ4v) is 8.93. The normalized spacial score (nSPS) is 13.9. The molecule has 0 aromatic rings. The Morgan fingerprint density at radius 1 is 0.392 bits per heavy atom. The predicted octanol–water partition coefficient (Wildman–Crippen LogP) is 17.7. The zero-order valence-corrected chi connectivity index (χ0v) is 48.2. The van der Waals surface area contributed by atoms with E-state index < -0.39 is 57.8 Å². The van der Waals surface area contributed by atoms with Gasteiger partial charge in [0.1, 0.15) is 12.7 Å². The Labute approximate surface area is 452 Å². The quantitative estimate of drug-likeness (QED) is 0.0197. The van der Waals surface area contributed by atoms with Gasteiger partial charge in [-0.2, -0.15) is 0 Å². The molecule has 0 radical (unpaired) electrons. The van der Waals surface area contributed by atoms with Gasteiger partial charge in [-0.25, -0.2) is 4.57 Å². The van der Waals surface area contributed by atoms with E-state index in [-0.39, 0.29) is 25.9 Å². The van der Waals surface area contributed by atoms with E-state index in [2.05, 4.69) is 93.7 Å². The van der Waals surface area contributed by atoms with E-state index in [1.807, 2.05) is 0 Å². The molecule has 74 heavy (non-hydrogen) atoms.